The van der Waals surface area contributed by atoms with Crippen molar-refractivity contribution in [1.82, 2.24) is 10.3 Å². The summed E-state index contributed by atoms with van der Waals surface area (Å²) < 4.78 is 0.932. The number of carbonyl (C=O) groups is 2. The van der Waals surface area contributed by atoms with Crippen molar-refractivity contribution < 1.29 is 14.7 Å². The molecule has 0 aromatic carbocycles. The molecule has 1 atom stereocenters. The van der Waals surface area contributed by atoms with Crippen LogP contribution in [0.1, 0.15) is 16.6 Å². The second-order valence-electron chi connectivity index (χ2n) is 4.20. The number of rotatable bonds is 4. The number of nitrogens with zero attached hydrogens (tertiary/aromatic N) is 2. The highest BCUT2D eigenvalue weighted by molar-refractivity contribution is 7.29. The molecule has 0 bridgehead atoms. The van der Waals surface area contributed by atoms with Gasteiger partial charge in [-0.2, -0.15) is 0 Å². The Labute approximate surface area is 117 Å². The van der Waals surface area contributed by atoms with Crippen LogP contribution in [0.5, 0.6) is 0 Å². The van der Waals surface area contributed by atoms with Gasteiger partial charge in [0.2, 0.25) is 0 Å². The third-order valence-electron chi connectivity index (χ3n) is 2.40. The summed E-state index contributed by atoms with van der Waals surface area (Å²) in [6.45, 7) is 1.43. The summed E-state index contributed by atoms with van der Waals surface area (Å²) in [7, 11) is 3.81. The minimum atomic E-state index is -1.06. The first-order chi connectivity index (χ1) is 8.88. The van der Waals surface area contributed by atoms with Gasteiger partial charge in [0.05, 0.1) is 9.58 Å². The monoisotopic (exact) mass is 299 g/mol. The van der Waals surface area contributed by atoms with Crippen molar-refractivity contribution >= 4 is 49.2 Å². The highest BCUT2D eigenvalue weighted by Gasteiger charge is 2.18. The van der Waals surface area contributed by atoms with Crippen molar-refractivity contribution in [2.75, 3.05) is 19.0 Å². The number of nitrogens with one attached hydrogen (secondary N) is 1. The van der Waals surface area contributed by atoms with Crippen molar-refractivity contribution in [3.05, 3.63) is 10.9 Å². The van der Waals surface area contributed by atoms with E-state index >= 15 is 0 Å². The lowest BCUT2D eigenvalue weighted by Crippen LogP contribution is -2.37. The van der Waals surface area contributed by atoms with Crippen LogP contribution in [0.15, 0.2) is 6.07 Å². The molecule has 0 radical (unpaired) electrons. The first-order valence-electron chi connectivity index (χ1n) is 5.50. The van der Waals surface area contributed by atoms with E-state index in [1.807, 2.05) is 19.0 Å². The molecule has 0 unspecified atom stereocenters. The van der Waals surface area contributed by atoms with Gasteiger partial charge in [0.25, 0.3) is 5.91 Å². The zero-order valence-electron chi connectivity index (χ0n) is 10.6. The predicted octanol–water partition coefficient (Wildman–Crippen LogP) is 1.63. The summed E-state index contributed by atoms with van der Waals surface area (Å²) in [4.78, 5) is 30.1. The van der Waals surface area contributed by atoms with Crippen molar-refractivity contribution in [2.45, 2.75) is 13.0 Å². The molecule has 0 saturated carbocycles. The van der Waals surface area contributed by atoms with E-state index in [1.54, 1.807) is 6.07 Å². The van der Waals surface area contributed by atoms with Gasteiger partial charge in [0, 0.05) is 14.1 Å². The van der Waals surface area contributed by atoms with Crippen LogP contribution in [-0.4, -0.2) is 42.1 Å². The van der Waals surface area contributed by atoms with Gasteiger partial charge in [0.15, 0.2) is 5.13 Å². The van der Waals surface area contributed by atoms with Crippen molar-refractivity contribution in [3.63, 3.8) is 0 Å². The number of fused-ring (bicyclic) bond motifs is 1. The molecule has 1 amide bonds. The van der Waals surface area contributed by atoms with E-state index in [2.05, 4.69) is 10.3 Å². The Bertz CT molecular complexity index is 601. The molecule has 2 heterocycles. The molecule has 6 nitrogen and oxygen atoms in total. The Hall–Kier alpha value is -1.67. The number of anilines is 1. The number of thiophene rings is 1. The van der Waals surface area contributed by atoms with Crippen LogP contribution < -0.4 is 10.2 Å². The maximum absolute atomic E-state index is 11.8. The lowest BCUT2D eigenvalue weighted by atomic mass is 10.3. The van der Waals surface area contributed by atoms with E-state index in [-0.39, 0.29) is 5.91 Å². The van der Waals surface area contributed by atoms with E-state index in [4.69, 9.17) is 5.11 Å². The zero-order valence-corrected chi connectivity index (χ0v) is 12.3. The Morgan fingerprint density at radius 1 is 1.42 bits per heavy atom. The van der Waals surface area contributed by atoms with Gasteiger partial charge < -0.3 is 15.3 Å². The SMILES string of the molecule is C[C@@H](NC(=O)c1cc2sc(N(C)C)nc2s1)C(=O)O. The van der Waals surface area contributed by atoms with Gasteiger partial charge in [-0.1, -0.05) is 11.3 Å². The van der Waals surface area contributed by atoms with E-state index in [0.29, 0.717) is 4.88 Å². The van der Waals surface area contributed by atoms with E-state index in [1.165, 1.54) is 29.6 Å². The van der Waals surface area contributed by atoms with Crippen LogP contribution in [0.4, 0.5) is 5.13 Å². The molecule has 0 saturated heterocycles. The van der Waals surface area contributed by atoms with Gasteiger partial charge in [-0.3, -0.25) is 9.59 Å². The fourth-order valence-corrected chi connectivity index (χ4v) is 3.39. The number of amides is 1. The third-order valence-corrected chi connectivity index (χ3v) is 4.73. The van der Waals surface area contributed by atoms with Gasteiger partial charge in [-0.15, -0.1) is 11.3 Å². The molecule has 0 aliphatic rings. The molecular formula is C11H13N3O3S2. The summed E-state index contributed by atoms with van der Waals surface area (Å²) in [5.41, 5.74) is 0. The smallest absolute Gasteiger partial charge is 0.325 e. The first kappa shape index (κ1) is 13.8. The minimum absolute atomic E-state index is 0.378. The van der Waals surface area contributed by atoms with Gasteiger partial charge in [-0.05, 0) is 13.0 Å². The topological polar surface area (TPSA) is 82.5 Å². The number of carboxylic acid groups (broad SMARTS) is 1. The molecular weight excluding hydrogens is 286 g/mol. The summed E-state index contributed by atoms with van der Waals surface area (Å²) in [6, 6.07) is 0.840. The summed E-state index contributed by atoms with van der Waals surface area (Å²) >= 11 is 2.76. The quantitative estimate of drug-likeness (QED) is 0.896. The average molecular weight is 299 g/mol. The minimum Gasteiger partial charge on any atom is -0.480 e. The molecule has 2 aromatic heterocycles. The zero-order chi connectivity index (χ0) is 14.2. The fourth-order valence-electron chi connectivity index (χ4n) is 1.36. The van der Waals surface area contributed by atoms with Gasteiger partial charge >= 0.3 is 5.97 Å². The number of aliphatic carboxylic acids is 1. The van der Waals surface area contributed by atoms with E-state index in [9.17, 15) is 9.59 Å². The fraction of sp³-hybridized carbons (Fsp3) is 0.364. The number of aromatic nitrogens is 1. The number of carboxylic acids is 1. The standard InChI is InChI=1S/C11H13N3O3S2/c1-5(10(16)17)12-8(15)6-4-7-9(18-6)13-11(19-7)14(2)3/h4-5H,1-3H3,(H,12,15)(H,16,17)/t5-/m1/s1. The summed E-state index contributed by atoms with van der Waals surface area (Å²) in [5.74, 6) is -1.43. The van der Waals surface area contributed by atoms with Crippen LogP contribution in [0.2, 0.25) is 0 Å². The van der Waals surface area contributed by atoms with Crippen LogP contribution >= 0.6 is 22.7 Å². The maximum atomic E-state index is 11.8. The van der Waals surface area contributed by atoms with Gasteiger partial charge in [0.1, 0.15) is 10.9 Å². The highest BCUT2D eigenvalue weighted by Crippen LogP contribution is 2.33. The van der Waals surface area contributed by atoms with E-state index < -0.39 is 12.0 Å². The van der Waals surface area contributed by atoms with Gasteiger partial charge in [-0.25, -0.2) is 4.98 Å². The molecule has 0 fully saturated rings. The van der Waals surface area contributed by atoms with Crippen LogP contribution in [-0.2, 0) is 4.79 Å². The Balaban J connectivity index is 2.19. The molecule has 0 aliphatic heterocycles. The molecule has 8 heteroatoms. The highest BCUT2D eigenvalue weighted by atomic mass is 32.1. The number of hydrogen-bond acceptors (Lipinski definition) is 6. The second-order valence-corrected chi connectivity index (χ2v) is 6.24. The van der Waals surface area contributed by atoms with E-state index in [0.717, 1.165) is 14.7 Å². The molecule has 19 heavy (non-hydrogen) atoms. The number of hydrogen-bond donors (Lipinski definition) is 2. The number of carbonyl (C=O) groups excluding carboxylic acids is 1. The summed E-state index contributed by atoms with van der Waals surface area (Å²) in [5, 5.41) is 12.1. The van der Waals surface area contributed by atoms with Crippen LogP contribution in [0.25, 0.3) is 9.53 Å². The Morgan fingerprint density at radius 3 is 2.63 bits per heavy atom. The van der Waals surface area contributed by atoms with Crippen LogP contribution in [0, 0.1) is 0 Å². The molecule has 0 aliphatic carbocycles. The second kappa shape index (κ2) is 5.14. The average Bonchev–Trinajstić information content (AvgIpc) is 2.85. The lowest BCUT2D eigenvalue weighted by Gasteiger charge is -2.07. The predicted molar refractivity (Wildman–Crippen MR) is 76.4 cm³/mol. The van der Waals surface area contributed by atoms with Crippen molar-refractivity contribution in [2.24, 2.45) is 0 Å². The molecule has 2 N–H and O–H groups in total. The molecule has 2 aromatic rings. The van der Waals surface area contributed by atoms with Crippen LogP contribution in [0.3, 0.4) is 0 Å². The maximum Gasteiger partial charge on any atom is 0.325 e. The molecule has 0 spiro atoms. The largest absolute Gasteiger partial charge is 0.480 e. The Morgan fingerprint density at radius 2 is 2.11 bits per heavy atom. The summed E-state index contributed by atoms with van der Waals surface area (Å²) in [6.07, 6.45) is 0. The molecule has 102 valence electrons. The first-order valence-corrected chi connectivity index (χ1v) is 7.13. The third kappa shape index (κ3) is 2.85. The van der Waals surface area contributed by atoms with Crippen molar-refractivity contribution in [3.8, 4) is 0 Å². The Kier molecular flexibility index (Phi) is 3.72. The lowest BCUT2D eigenvalue weighted by molar-refractivity contribution is -0.138. The van der Waals surface area contributed by atoms with Crippen molar-refractivity contribution in [1.29, 1.82) is 0 Å². The number of thiazole rings is 1. The molecule has 2 rings (SSSR count). The normalized spacial score (nSPS) is 12.4.